The Morgan fingerprint density at radius 3 is 2.68 bits per heavy atom. The molecule has 0 aromatic carbocycles. The highest BCUT2D eigenvalue weighted by Gasteiger charge is 2.26. The third-order valence-corrected chi connectivity index (χ3v) is 6.67. The Morgan fingerprint density at radius 1 is 1.40 bits per heavy atom. The topological polar surface area (TPSA) is 79.4 Å². The molecule has 1 N–H and O–H groups in total. The predicted molar refractivity (Wildman–Crippen MR) is 101 cm³/mol. The van der Waals surface area contributed by atoms with Crippen LogP contribution < -0.4 is 4.72 Å². The number of piperidine rings is 1. The van der Waals surface area contributed by atoms with E-state index in [4.69, 9.17) is 0 Å². The van der Waals surface area contributed by atoms with Gasteiger partial charge in [0.15, 0.2) is 0 Å². The van der Waals surface area contributed by atoms with Crippen molar-refractivity contribution in [1.29, 1.82) is 0 Å². The second kappa shape index (κ2) is 9.00. The predicted octanol–water partition coefficient (Wildman–Crippen LogP) is 2.23. The molecule has 2 heterocycles. The SMILES string of the molecule is CSc1ncccc1C(=O)N1CCC(CNS(=O)(=O)CC(C)C)CC1. The normalized spacial score (nSPS) is 16.4. The van der Waals surface area contributed by atoms with Gasteiger partial charge in [0.05, 0.1) is 11.3 Å². The Labute approximate surface area is 154 Å². The Morgan fingerprint density at radius 2 is 2.08 bits per heavy atom. The number of aromatic nitrogens is 1. The first kappa shape index (κ1) is 20.2. The highest BCUT2D eigenvalue weighted by molar-refractivity contribution is 7.98. The average molecular weight is 386 g/mol. The van der Waals surface area contributed by atoms with E-state index in [0.717, 1.165) is 17.9 Å². The molecule has 1 aliphatic rings. The Kier molecular flexibility index (Phi) is 7.27. The van der Waals surface area contributed by atoms with Crippen molar-refractivity contribution in [3.05, 3.63) is 23.9 Å². The van der Waals surface area contributed by atoms with Crippen LogP contribution in [0.5, 0.6) is 0 Å². The van der Waals surface area contributed by atoms with Gasteiger partial charge in [-0.05, 0) is 43.1 Å². The zero-order valence-electron chi connectivity index (χ0n) is 15.1. The van der Waals surface area contributed by atoms with Crippen molar-refractivity contribution in [1.82, 2.24) is 14.6 Å². The fourth-order valence-electron chi connectivity index (χ4n) is 2.97. The molecule has 1 aromatic heterocycles. The van der Waals surface area contributed by atoms with E-state index < -0.39 is 10.0 Å². The van der Waals surface area contributed by atoms with Crippen molar-refractivity contribution in [3.8, 4) is 0 Å². The van der Waals surface area contributed by atoms with Crippen LogP contribution in [0.3, 0.4) is 0 Å². The van der Waals surface area contributed by atoms with Gasteiger partial charge in [0.2, 0.25) is 10.0 Å². The number of carbonyl (C=O) groups is 1. The summed E-state index contributed by atoms with van der Waals surface area (Å²) in [6.07, 6.45) is 5.22. The zero-order chi connectivity index (χ0) is 18.4. The van der Waals surface area contributed by atoms with E-state index in [1.54, 1.807) is 12.3 Å². The molecule has 1 amide bonds. The van der Waals surface area contributed by atoms with Crippen LogP contribution in [0.2, 0.25) is 0 Å². The maximum atomic E-state index is 12.7. The lowest BCUT2D eigenvalue weighted by Gasteiger charge is -2.32. The molecule has 0 bridgehead atoms. The molecule has 1 fully saturated rings. The van der Waals surface area contributed by atoms with E-state index in [1.807, 2.05) is 31.1 Å². The maximum absolute atomic E-state index is 12.7. The molecular weight excluding hydrogens is 358 g/mol. The molecule has 1 saturated heterocycles. The van der Waals surface area contributed by atoms with Crippen LogP contribution in [0.25, 0.3) is 0 Å². The summed E-state index contributed by atoms with van der Waals surface area (Å²) in [7, 11) is -3.20. The molecule has 0 spiro atoms. The summed E-state index contributed by atoms with van der Waals surface area (Å²) in [5, 5.41) is 0.746. The summed E-state index contributed by atoms with van der Waals surface area (Å²) in [5.74, 6) is 0.557. The quantitative estimate of drug-likeness (QED) is 0.728. The standard InChI is InChI=1S/C17H27N3O3S2/c1-13(2)12-25(22,23)19-11-14-6-9-20(10-7-14)17(21)15-5-4-8-18-16(15)24-3/h4-5,8,13-14,19H,6-7,9-12H2,1-3H3. The van der Waals surface area contributed by atoms with Gasteiger partial charge in [-0.3, -0.25) is 4.79 Å². The average Bonchev–Trinajstić information content (AvgIpc) is 2.59. The van der Waals surface area contributed by atoms with Gasteiger partial charge in [0, 0.05) is 25.8 Å². The highest BCUT2D eigenvalue weighted by Crippen LogP contribution is 2.22. The smallest absolute Gasteiger partial charge is 0.256 e. The summed E-state index contributed by atoms with van der Waals surface area (Å²) in [6.45, 7) is 5.55. The van der Waals surface area contributed by atoms with Gasteiger partial charge in [-0.1, -0.05) is 13.8 Å². The first-order chi connectivity index (χ1) is 11.8. The Balaban J connectivity index is 1.86. The maximum Gasteiger partial charge on any atom is 0.256 e. The fraction of sp³-hybridized carbons (Fsp3) is 0.647. The first-order valence-electron chi connectivity index (χ1n) is 8.58. The molecule has 1 aliphatic heterocycles. The third kappa shape index (κ3) is 5.97. The van der Waals surface area contributed by atoms with Crippen molar-refractivity contribution < 1.29 is 13.2 Å². The summed E-state index contributed by atoms with van der Waals surface area (Å²) >= 11 is 1.47. The number of carbonyl (C=O) groups excluding carboxylic acids is 1. The molecule has 0 radical (unpaired) electrons. The van der Waals surface area contributed by atoms with Crippen LogP contribution in [-0.4, -0.2) is 55.9 Å². The fourth-order valence-corrected chi connectivity index (χ4v) is 5.00. The lowest BCUT2D eigenvalue weighted by molar-refractivity contribution is 0.0687. The molecule has 25 heavy (non-hydrogen) atoms. The molecular formula is C17H27N3O3S2. The van der Waals surface area contributed by atoms with E-state index in [9.17, 15) is 13.2 Å². The molecule has 0 atom stereocenters. The second-order valence-electron chi connectivity index (χ2n) is 6.82. The number of amides is 1. The number of likely N-dealkylation sites (tertiary alicyclic amines) is 1. The van der Waals surface area contributed by atoms with E-state index in [0.29, 0.717) is 25.2 Å². The molecule has 8 heteroatoms. The number of thioether (sulfide) groups is 1. The van der Waals surface area contributed by atoms with Crippen molar-refractivity contribution in [2.24, 2.45) is 11.8 Å². The summed E-state index contributed by atoms with van der Waals surface area (Å²) in [6, 6.07) is 3.59. The van der Waals surface area contributed by atoms with Gasteiger partial charge in [-0.2, -0.15) is 0 Å². The number of hydrogen-bond acceptors (Lipinski definition) is 5. The van der Waals surface area contributed by atoms with Gasteiger partial charge in [0.1, 0.15) is 5.03 Å². The minimum absolute atomic E-state index is 0.0105. The van der Waals surface area contributed by atoms with Crippen LogP contribution in [0.4, 0.5) is 0 Å². The van der Waals surface area contributed by atoms with Crippen molar-refractivity contribution in [2.45, 2.75) is 31.7 Å². The van der Waals surface area contributed by atoms with Gasteiger partial charge in [0.25, 0.3) is 5.91 Å². The molecule has 0 saturated carbocycles. The van der Waals surface area contributed by atoms with Gasteiger partial charge in [-0.25, -0.2) is 18.1 Å². The number of nitrogens with one attached hydrogen (secondary N) is 1. The van der Waals surface area contributed by atoms with Crippen LogP contribution in [0, 0.1) is 11.8 Å². The van der Waals surface area contributed by atoms with Crippen molar-refractivity contribution in [2.75, 3.05) is 31.6 Å². The van der Waals surface area contributed by atoms with Gasteiger partial charge < -0.3 is 4.90 Å². The number of hydrogen-bond donors (Lipinski definition) is 1. The van der Waals surface area contributed by atoms with Gasteiger partial charge in [-0.15, -0.1) is 11.8 Å². The van der Waals surface area contributed by atoms with E-state index in [1.165, 1.54) is 11.8 Å². The van der Waals surface area contributed by atoms with Crippen molar-refractivity contribution >= 4 is 27.7 Å². The van der Waals surface area contributed by atoms with Crippen LogP contribution >= 0.6 is 11.8 Å². The lowest BCUT2D eigenvalue weighted by atomic mass is 9.97. The third-order valence-electron chi connectivity index (χ3n) is 4.24. The zero-order valence-corrected chi connectivity index (χ0v) is 16.7. The second-order valence-corrected chi connectivity index (χ2v) is 9.47. The minimum Gasteiger partial charge on any atom is -0.339 e. The molecule has 140 valence electrons. The van der Waals surface area contributed by atoms with E-state index in [2.05, 4.69) is 9.71 Å². The molecule has 0 unspecified atom stereocenters. The van der Waals surface area contributed by atoms with E-state index in [-0.39, 0.29) is 23.5 Å². The molecule has 0 aliphatic carbocycles. The highest BCUT2D eigenvalue weighted by atomic mass is 32.2. The Bertz CT molecular complexity index is 684. The number of sulfonamides is 1. The van der Waals surface area contributed by atoms with Crippen LogP contribution in [-0.2, 0) is 10.0 Å². The summed E-state index contributed by atoms with van der Waals surface area (Å²) in [4.78, 5) is 18.8. The molecule has 6 nitrogen and oxygen atoms in total. The minimum atomic E-state index is -3.20. The first-order valence-corrected chi connectivity index (χ1v) is 11.5. The largest absolute Gasteiger partial charge is 0.339 e. The molecule has 1 aromatic rings. The Hall–Kier alpha value is -1.12. The van der Waals surface area contributed by atoms with Gasteiger partial charge >= 0.3 is 0 Å². The number of nitrogens with zero attached hydrogens (tertiary/aromatic N) is 2. The number of rotatable bonds is 7. The summed E-state index contributed by atoms with van der Waals surface area (Å²) < 4.78 is 26.6. The van der Waals surface area contributed by atoms with Crippen LogP contribution in [0.1, 0.15) is 37.0 Å². The molecule has 2 rings (SSSR count). The monoisotopic (exact) mass is 385 g/mol. The lowest BCUT2D eigenvalue weighted by Crippen LogP contribution is -2.42. The number of pyridine rings is 1. The van der Waals surface area contributed by atoms with E-state index >= 15 is 0 Å². The summed E-state index contributed by atoms with van der Waals surface area (Å²) in [5.41, 5.74) is 0.645. The van der Waals surface area contributed by atoms with Crippen LogP contribution in [0.15, 0.2) is 23.4 Å². The van der Waals surface area contributed by atoms with Crippen molar-refractivity contribution in [3.63, 3.8) is 0 Å².